The second kappa shape index (κ2) is 7.96. The molecule has 1 aliphatic heterocycles. The summed E-state index contributed by atoms with van der Waals surface area (Å²) in [6.07, 6.45) is 4.02. The number of hydrogen-bond donors (Lipinski definition) is 2. The van der Waals surface area contributed by atoms with Gasteiger partial charge in [0.15, 0.2) is 0 Å². The zero-order valence-corrected chi connectivity index (χ0v) is 10.9. The zero-order chi connectivity index (χ0) is 11.8. The van der Waals surface area contributed by atoms with E-state index in [2.05, 4.69) is 12.2 Å². The fourth-order valence-electron chi connectivity index (χ4n) is 2.07. The molecule has 1 fully saturated rings. The highest BCUT2D eigenvalue weighted by molar-refractivity contribution is 7.99. The first-order chi connectivity index (χ1) is 7.77. The Morgan fingerprint density at radius 2 is 2.38 bits per heavy atom. The summed E-state index contributed by atoms with van der Waals surface area (Å²) in [6.45, 7) is 3.09. The molecule has 1 amide bonds. The van der Waals surface area contributed by atoms with Crippen LogP contribution in [0.4, 0.5) is 0 Å². The molecule has 3 nitrogen and oxygen atoms in total. The first kappa shape index (κ1) is 13.8. The summed E-state index contributed by atoms with van der Waals surface area (Å²) in [5.74, 6) is 2.97. The fourth-order valence-corrected chi connectivity index (χ4v) is 3.29. The van der Waals surface area contributed by atoms with E-state index in [-0.39, 0.29) is 18.4 Å². The Balaban J connectivity index is 2.21. The van der Waals surface area contributed by atoms with E-state index < -0.39 is 0 Å². The number of aliphatic hydroxyl groups is 1. The van der Waals surface area contributed by atoms with Crippen LogP contribution in [-0.2, 0) is 4.79 Å². The summed E-state index contributed by atoms with van der Waals surface area (Å²) >= 11 is 1.86. The van der Waals surface area contributed by atoms with Gasteiger partial charge in [0.2, 0.25) is 5.91 Å². The van der Waals surface area contributed by atoms with Crippen molar-refractivity contribution in [1.29, 1.82) is 0 Å². The van der Waals surface area contributed by atoms with Crippen LogP contribution >= 0.6 is 11.8 Å². The van der Waals surface area contributed by atoms with E-state index in [0.29, 0.717) is 5.92 Å². The third kappa shape index (κ3) is 4.74. The normalized spacial score (nSPS) is 22.0. The van der Waals surface area contributed by atoms with Crippen molar-refractivity contribution >= 4 is 17.7 Å². The molecule has 0 aromatic carbocycles. The Hall–Kier alpha value is -0.220. The molecule has 1 aliphatic rings. The number of carbonyl (C=O) groups excluding carboxylic acids is 1. The molecule has 0 saturated carbocycles. The molecule has 1 saturated heterocycles. The minimum atomic E-state index is 0.212. The lowest BCUT2D eigenvalue weighted by Crippen LogP contribution is -2.34. The van der Waals surface area contributed by atoms with Crippen LogP contribution in [0, 0.1) is 11.8 Å². The molecular weight excluding hydrogens is 222 g/mol. The molecule has 0 radical (unpaired) electrons. The van der Waals surface area contributed by atoms with Gasteiger partial charge in [0.1, 0.15) is 0 Å². The summed E-state index contributed by atoms with van der Waals surface area (Å²) in [7, 11) is 0. The Labute approximate surface area is 102 Å². The Morgan fingerprint density at radius 3 is 2.94 bits per heavy atom. The number of aliphatic hydroxyl groups excluding tert-OH is 1. The van der Waals surface area contributed by atoms with Crippen molar-refractivity contribution in [2.75, 3.05) is 24.7 Å². The van der Waals surface area contributed by atoms with E-state index in [0.717, 1.165) is 43.7 Å². The van der Waals surface area contributed by atoms with Crippen molar-refractivity contribution in [3.63, 3.8) is 0 Å². The molecule has 0 bridgehead atoms. The predicted molar refractivity (Wildman–Crippen MR) is 68.5 cm³/mol. The lowest BCUT2D eigenvalue weighted by atomic mass is 9.99. The van der Waals surface area contributed by atoms with Crippen molar-refractivity contribution in [3.8, 4) is 0 Å². The lowest BCUT2D eigenvalue weighted by Gasteiger charge is -2.17. The number of hydrogen-bond acceptors (Lipinski definition) is 3. The summed E-state index contributed by atoms with van der Waals surface area (Å²) in [6, 6.07) is 0. The summed E-state index contributed by atoms with van der Waals surface area (Å²) in [5, 5.41) is 12.0. The van der Waals surface area contributed by atoms with Crippen LogP contribution in [0.2, 0.25) is 0 Å². The summed E-state index contributed by atoms with van der Waals surface area (Å²) in [5.41, 5.74) is 0. The molecule has 2 unspecified atom stereocenters. The monoisotopic (exact) mass is 245 g/mol. The van der Waals surface area contributed by atoms with Crippen molar-refractivity contribution in [1.82, 2.24) is 5.32 Å². The second-order valence-electron chi connectivity index (χ2n) is 4.47. The average Bonchev–Trinajstić information content (AvgIpc) is 2.79. The van der Waals surface area contributed by atoms with E-state index in [1.54, 1.807) is 0 Å². The lowest BCUT2D eigenvalue weighted by molar-refractivity contribution is -0.124. The quantitative estimate of drug-likeness (QED) is 0.717. The van der Waals surface area contributed by atoms with E-state index in [1.807, 2.05) is 11.8 Å². The van der Waals surface area contributed by atoms with E-state index >= 15 is 0 Å². The Morgan fingerprint density at radius 1 is 1.56 bits per heavy atom. The number of rotatable bonds is 7. The molecule has 2 N–H and O–H groups in total. The highest BCUT2D eigenvalue weighted by Gasteiger charge is 2.23. The minimum absolute atomic E-state index is 0.212. The summed E-state index contributed by atoms with van der Waals surface area (Å²) < 4.78 is 0. The van der Waals surface area contributed by atoms with Gasteiger partial charge in [-0.15, -0.1) is 0 Å². The average molecular weight is 245 g/mol. The number of carbonyl (C=O) groups is 1. The van der Waals surface area contributed by atoms with Gasteiger partial charge in [-0.25, -0.2) is 0 Å². The number of thioether (sulfide) groups is 1. The van der Waals surface area contributed by atoms with Gasteiger partial charge in [-0.1, -0.05) is 13.3 Å². The molecule has 1 rings (SSSR count). The molecule has 1 heterocycles. The highest BCUT2D eigenvalue weighted by atomic mass is 32.2. The molecule has 2 atom stereocenters. The van der Waals surface area contributed by atoms with Crippen LogP contribution in [0.3, 0.4) is 0 Å². The van der Waals surface area contributed by atoms with Gasteiger partial charge in [0.05, 0.1) is 0 Å². The van der Waals surface area contributed by atoms with Gasteiger partial charge in [0, 0.05) is 24.8 Å². The maximum absolute atomic E-state index is 11.8. The second-order valence-corrected chi connectivity index (χ2v) is 5.62. The maximum atomic E-state index is 11.8. The third-order valence-corrected chi connectivity index (χ3v) is 4.26. The van der Waals surface area contributed by atoms with E-state index in [1.165, 1.54) is 0 Å². The van der Waals surface area contributed by atoms with Crippen molar-refractivity contribution < 1.29 is 9.90 Å². The number of nitrogens with one attached hydrogen (secondary N) is 1. The van der Waals surface area contributed by atoms with Gasteiger partial charge in [-0.3, -0.25) is 4.79 Å². The molecule has 94 valence electrons. The minimum Gasteiger partial charge on any atom is -0.396 e. The Bertz CT molecular complexity index is 199. The molecule has 0 aliphatic carbocycles. The fraction of sp³-hybridized carbons (Fsp3) is 0.917. The molecule has 0 aromatic rings. The zero-order valence-electron chi connectivity index (χ0n) is 10.1. The number of amides is 1. The maximum Gasteiger partial charge on any atom is 0.223 e. The van der Waals surface area contributed by atoms with E-state index in [9.17, 15) is 4.79 Å². The van der Waals surface area contributed by atoms with Crippen LogP contribution < -0.4 is 5.32 Å². The van der Waals surface area contributed by atoms with Crippen molar-refractivity contribution in [3.05, 3.63) is 0 Å². The van der Waals surface area contributed by atoms with Gasteiger partial charge >= 0.3 is 0 Å². The molecule has 0 aromatic heterocycles. The molecule has 16 heavy (non-hydrogen) atoms. The Kier molecular flexibility index (Phi) is 6.88. The highest BCUT2D eigenvalue weighted by Crippen LogP contribution is 2.23. The van der Waals surface area contributed by atoms with Crippen LogP contribution in [0.25, 0.3) is 0 Å². The smallest absolute Gasteiger partial charge is 0.223 e. The largest absolute Gasteiger partial charge is 0.396 e. The van der Waals surface area contributed by atoms with Crippen LogP contribution in [0.5, 0.6) is 0 Å². The summed E-state index contributed by atoms with van der Waals surface area (Å²) in [4.78, 5) is 11.8. The van der Waals surface area contributed by atoms with Crippen LogP contribution in [0.15, 0.2) is 0 Å². The topological polar surface area (TPSA) is 49.3 Å². The SMILES string of the molecule is CCCC(CCO)CNC(=O)C1CCSC1. The first-order valence-electron chi connectivity index (χ1n) is 6.24. The standard InChI is InChI=1S/C12H23NO2S/c1-2-3-10(4-6-14)8-13-12(15)11-5-7-16-9-11/h10-11,14H,2-9H2,1H3,(H,13,15). The molecule has 4 heteroatoms. The van der Waals surface area contributed by atoms with E-state index in [4.69, 9.17) is 5.11 Å². The van der Waals surface area contributed by atoms with Crippen molar-refractivity contribution in [2.24, 2.45) is 11.8 Å². The predicted octanol–water partition coefficient (Wildman–Crippen LogP) is 1.65. The molecular formula is C12H23NO2S. The van der Waals surface area contributed by atoms with Gasteiger partial charge in [-0.2, -0.15) is 11.8 Å². The van der Waals surface area contributed by atoms with Gasteiger partial charge in [0.25, 0.3) is 0 Å². The van der Waals surface area contributed by atoms with Crippen LogP contribution in [0.1, 0.15) is 32.6 Å². The first-order valence-corrected chi connectivity index (χ1v) is 7.39. The van der Waals surface area contributed by atoms with Gasteiger partial charge in [-0.05, 0) is 30.9 Å². The third-order valence-electron chi connectivity index (χ3n) is 3.10. The van der Waals surface area contributed by atoms with Crippen molar-refractivity contribution in [2.45, 2.75) is 32.6 Å². The van der Waals surface area contributed by atoms with Gasteiger partial charge < -0.3 is 10.4 Å². The molecule has 0 spiro atoms. The van der Waals surface area contributed by atoms with Crippen LogP contribution in [-0.4, -0.2) is 35.7 Å².